The molecule has 66 valence electrons. The first-order chi connectivity index (χ1) is 6.27. The summed E-state index contributed by atoms with van der Waals surface area (Å²) in [5.74, 6) is -0.919. The van der Waals surface area contributed by atoms with Gasteiger partial charge in [-0.05, 0) is 30.1 Å². The van der Waals surface area contributed by atoms with Gasteiger partial charge >= 0.3 is 5.97 Å². The van der Waals surface area contributed by atoms with Crippen molar-refractivity contribution in [3.05, 3.63) is 23.8 Å². The summed E-state index contributed by atoms with van der Waals surface area (Å²) in [6.45, 7) is 0. The maximum absolute atomic E-state index is 10.6. The van der Waals surface area contributed by atoms with Crippen molar-refractivity contribution in [2.75, 3.05) is 0 Å². The molecule has 1 aliphatic rings. The number of carbonyl (C=O) groups is 1. The Morgan fingerprint density at radius 3 is 3.15 bits per heavy atom. The highest BCUT2D eigenvalue weighted by Gasteiger charge is 2.09. The first-order valence-corrected chi connectivity index (χ1v) is 4.41. The van der Waals surface area contributed by atoms with E-state index in [2.05, 4.69) is 9.71 Å². The molecular formula is C8H6N2O2S. The van der Waals surface area contributed by atoms with Crippen LogP contribution in [-0.4, -0.2) is 17.4 Å². The van der Waals surface area contributed by atoms with Crippen molar-refractivity contribution in [1.29, 1.82) is 0 Å². The number of aliphatic imine (C=N–C) groups is 1. The molecule has 0 amide bonds. The van der Waals surface area contributed by atoms with Gasteiger partial charge in [-0.2, -0.15) is 0 Å². The van der Waals surface area contributed by atoms with Gasteiger partial charge in [-0.1, -0.05) is 0 Å². The van der Waals surface area contributed by atoms with Gasteiger partial charge in [-0.3, -0.25) is 0 Å². The van der Waals surface area contributed by atoms with Crippen molar-refractivity contribution in [2.24, 2.45) is 4.99 Å². The lowest BCUT2D eigenvalue weighted by Gasteiger charge is -2.09. The molecule has 0 atom stereocenters. The number of rotatable bonds is 1. The van der Waals surface area contributed by atoms with E-state index in [1.54, 1.807) is 24.5 Å². The van der Waals surface area contributed by atoms with Gasteiger partial charge in [0.1, 0.15) is 0 Å². The maximum Gasteiger partial charge on any atom is 0.335 e. The van der Waals surface area contributed by atoms with Crippen LogP contribution < -0.4 is 4.72 Å². The van der Waals surface area contributed by atoms with Gasteiger partial charge in [0, 0.05) is 0 Å². The molecule has 1 aliphatic heterocycles. The molecular weight excluding hydrogens is 188 g/mol. The van der Waals surface area contributed by atoms with Gasteiger partial charge in [0.05, 0.1) is 22.5 Å². The molecule has 1 aromatic carbocycles. The fraction of sp³-hybridized carbons (Fsp3) is 0. The van der Waals surface area contributed by atoms with E-state index in [1.807, 2.05) is 0 Å². The second kappa shape index (κ2) is 3.10. The van der Waals surface area contributed by atoms with Crippen LogP contribution in [0.5, 0.6) is 0 Å². The monoisotopic (exact) mass is 194 g/mol. The van der Waals surface area contributed by atoms with E-state index in [4.69, 9.17) is 5.11 Å². The largest absolute Gasteiger partial charge is 0.478 e. The number of nitrogens with one attached hydrogen (secondary N) is 1. The summed E-state index contributed by atoms with van der Waals surface area (Å²) >= 11 is 1.36. The molecule has 0 radical (unpaired) electrons. The van der Waals surface area contributed by atoms with E-state index in [1.165, 1.54) is 11.9 Å². The molecule has 0 aromatic heterocycles. The summed E-state index contributed by atoms with van der Waals surface area (Å²) in [5.41, 5.74) is 1.08. The molecule has 0 saturated carbocycles. The molecule has 0 unspecified atom stereocenters. The number of aromatic carboxylic acids is 1. The van der Waals surface area contributed by atoms with Crippen molar-refractivity contribution in [1.82, 2.24) is 4.72 Å². The predicted octanol–water partition coefficient (Wildman–Crippen LogP) is 1.65. The average molecular weight is 194 g/mol. The molecule has 0 fully saturated rings. The Balaban J connectivity index is 2.48. The third kappa shape index (κ3) is 1.50. The zero-order valence-corrected chi connectivity index (χ0v) is 7.34. The fourth-order valence-corrected chi connectivity index (χ4v) is 1.66. The Labute approximate surface area is 78.8 Å². The smallest absolute Gasteiger partial charge is 0.335 e. The van der Waals surface area contributed by atoms with E-state index in [-0.39, 0.29) is 5.56 Å². The first kappa shape index (κ1) is 8.12. The van der Waals surface area contributed by atoms with Crippen molar-refractivity contribution < 1.29 is 9.90 Å². The van der Waals surface area contributed by atoms with Crippen LogP contribution in [0.15, 0.2) is 28.1 Å². The SMILES string of the molecule is O=C(O)c1ccc2c(c1)SNC=N2. The molecule has 5 heteroatoms. The predicted molar refractivity (Wildman–Crippen MR) is 50.5 cm³/mol. The highest BCUT2D eigenvalue weighted by molar-refractivity contribution is 7.98. The Bertz CT molecular complexity index is 390. The minimum atomic E-state index is -0.919. The molecule has 0 aliphatic carbocycles. The van der Waals surface area contributed by atoms with E-state index in [0.717, 1.165) is 10.6 Å². The summed E-state index contributed by atoms with van der Waals surface area (Å²) in [5, 5.41) is 8.72. The molecule has 13 heavy (non-hydrogen) atoms. The van der Waals surface area contributed by atoms with Crippen LogP contribution >= 0.6 is 11.9 Å². The molecule has 0 spiro atoms. The number of hydrogen-bond donors (Lipinski definition) is 2. The van der Waals surface area contributed by atoms with E-state index >= 15 is 0 Å². The highest BCUT2D eigenvalue weighted by atomic mass is 32.2. The van der Waals surface area contributed by atoms with Crippen LogP contribution in [0.2, 0.25) is 0 Å². The highest BCUT2D eigenvalue weighted by Crippen LogP contribution is 2.30. The normalized spacial score (nSPS) is 13.2. The second-order valence-electron chi connectivity index (χ2n) is 2.47. The fourth-order valence-electron chi connectivity index (χ4n) is 1.02. The lowest BCUT2D eigenvalue weighted by Crippen LogP contribution is -2.04. The lowest BCUT2D eigenvalue weighted by atomic mass is 10.2. The Morgan fingerprint density at radius 2 is 2.38 bits per heavy atom. The van der Waals surface area contributed by atoms with Gasteiger partial charge < -0.3 is 9.83 Å². The van der Waals surface area contributed by atoms with Crippen LogP contribution in [-0.2, 0) is 0 Å². The van der Waals surface area contributed by atoms with Gasteiger partial charge in [0.15, 0.2) is 0 Å². The quantitative estimate of drug-likeness (QED) is 0.667. The third-order valence-corrected chi connectivity index (χ3v) is 2.40. The number of fused-ring (bicyclic) bond motifs is 1. The standard InChI is InChI=1S/C8H6N2O2S/c11-8(12)5-1-2-6-7(3-5)13-10-4-9-6/h1-4H,(H,9,10)(H,11,12). The topological polar surface area (TPSA) is 61.7 Å². The molecule has 0 bridgehead atoms. The van der Waals surface area contributed by atoms with Crippen molar-refractivity contribution in [3.8, 4) is 0 Å². The number of hydrogen-bond acceptors (Lipinski definition) is 4. The third-order valence-electron chi connectivity index (χ3n) is 1.63. The van der Waals surface area contributed by atoms with Crippen LogP contribution in [0.3, 0.4) is 0 Å². The molecule has 1 heterocycles. The van der Waals surface area contributed by atoms with E-state index < -0.39 is 5.97 Å². The summed E-state index contributed by atoms with van der Waals surface area (Å²) < 4.78 is 2.84. The van der Waals surface area contributed by atoms with Crippen LogP contribution in [0, 0.1) is 0 Å². The minimum absolute atomic E-state index is 0.283. The van der Waals surface area contributed by atoms with E-state index in [0.29, 0.717) is 0 Å². The first-order valence-electron chi connectivity index (χ1n) is 3.59. The molecule has 4 nitrogen and oxygen atoms in total. The lowest BCUT2D eigenvalue weighted by molar-refractivity contribution is 0.0696. The maximum atomic E-state index is 10.6. The second-order valence-corrected chi connectivity index (χ2v) is 3.35. The van der Waals surface area contributed by atoms with Gasteiger partial charge in [0.2, 0.25) is 0 Å². The zero-order chi connectivity index (χ0) is 9.26. The van der Waals surface area contributed by atoms with Crippen molar-refractivity contribution in [2.45, 2.75) is 4.90 Å². The van der Waals surface area contributed by atoms with Crippen molar-refractivity contribution >= 4 is 29.9 Å². The molecule has 2 N–H and O–H groups in total. The Kier molecular flexibility index (Phi) is 1.94. The number of nitrogens with zero attached hydrogens (tertiary/aromatic N) is 1. The van der Waals surface area contributed by atoms with Crippen LogP contribution in [0.4, 0.5) is 5.69 Å². The van der Waals surface area contributed by atoms with Crippen LogP contribution in [0.1, 0.15) is 10.4 Å². The Hall–Kier alpha value is -1.49. The molecule has 2 rings (SSSR count). The molecule has 1 aromatic rings. The van der Waals surface area contributed by atoms with Gasteiger partial charge in [0.25, 0.3) is 0 Å². The van der Waals surface area contributed by atoms with Crippen molar-refractivity contribution in [3.63, 3.8) is 0 Å². The average Bonchev–Trinajstić information content (AvgIpc) is 2.17. The Morgan fingerprint density at radius 1 is 1.54 bits per heavy atom. The summed E-state index contributed by atoms with van der Waals surface area (Å²) in [6.07, 6.45) is 1.58. The van der Waals surface area contributed by atoms with Gasteiger partial charge in [-0.25, -0.2) is 9.79 Å². The number of carboxylic acid groups (broad SMARTS) is 1. The minimum Gasteiger partial charge on any atom is -0.478 e. The summed E-state index contributed by atoms with van der Waals surface area (Å²) in [6, 6.07) is 4.85. The number of benzene rings is 1. The van der Waals surface area contributed by atoms with Gasteiger partial charge in [-0.15, -0.1) is 0 Å². The van der Waals surface area contributed by atoms with E-state index in [9.17, 15) is 4.79 Å². The zero-order valence-electron chi connectivity index (χ0n) is 6.52. The van der Waals surface area contributed by atoms with Crippen LogP contribution in [0.25, 0.3) is 0 Å². The summed E-state index contributed by atoms with van der Waals surface area (Å²) in [7, 11) is 0. The number of carboxylic acids is 1. The molecule has 0 saturated heterocycles. The summed E-state index contributed by atoms with van der Waals surface area (Å²) in [4.78, 5) is 15.5.